The minimum atomic E-state index is -0.834. The Hall–Kier alpha value is -1.23. The van der Waals surface area contributed by atoms with Gasteiger partial charge in [-0.25, -0.2) is 8.78 Å². The van der Waals surface area contributed by atoms with Gasteiger partial charge in [-0.3, -0.25) is 0 Å². The molecule has 0 amide bonds. The third kappa shape index (κ3) is 2.46. The van der Waals surface area contributed by atoms with Crippen LogP contribution in [0.15, 0.2) is 12.1 Å². The zero-order valence-electron chi connectivity index (χ0n) is 10.3. The zero-order valence-corrected chi connectivity index (χ0v) is 11.1. The van der Waals surface area contributed by atoms with Crippen LogP contribution in [-0.4, -0.2) is 9.55 Å². The Balaban J connectivity index is 2.34. The standard InChI is InChI=1S/C13H16F2N2S/c1-2-3-4-5-8-17-12-10(16-13(17)18)7-6-9(14)11(12)15/h6-7H,2-5,8H2,1H3,(H,16,18). The van der Waals surface area contributed by atoms with Crippen molar-refractivity contribution in [2.75, 3.05) is 0 Å². The molecule has 0 atom stereocenters. The summed E-state index contributed by atoms with van der Waals surface area (Å²) in [6.45, 7) is 2.76. The van der Waals surface area contributed by atoms with Gasteiger partial charge in [-0.2, -0.15) is 0 Å². The Morgan fingerprint density at radius 3 is 2.72 bits per heavy atom. The molecule has 1 heterocycles. The van der Waals surface area contributed by atoms with Crippen LogP contribution in [0.4, 0.5) is 8.78 Å². The number of H-pyrrole nitrogens is 1. The minimum absolute atomic E-state index is 0.247. The van der Waals surface area contributed by atoms with Crippen molar-refractivity contribution in [2.24, 2.45) is 0 Å². The van der Waals surface area contributed by atoms with Crippen molar-refractivity contribution in [3.8, 4) is 0 Å². The van der Waals surface area contributed by atoms with Crippen molar-refractivity contribution in [1.82, 2.24) is 9.55 Å². The lowest BCUT2D eigenvalue weighted by atomic mass is 10.2. The first-order valence-electron chi connectivity index (χ1n) is 6.21. The highest BCUT2D eigenvalue weighted by atomic mass is 32.1. The van der Waals surface area contributed by atoms with Gasteiger partial charge >= 0.3 is 0 Å². The number of aromatic amines is 1. The first-order valence-corrected chi connectivity index (χ1v) is 6.62. The molecule has 2 rings (SSSR count). The Labute approximate surface area is 110 Å². The van der Waals surface area contributed by atoms with Crippen LogP contribution < -0.4 is 0 Å². The molecule has 2 aromatic rings. The van der Waals surface area contributed by atoms with E-state index in [1.54, 1.807) is 4.57 Å². The summed E-state index contributed by atoms with van der Waals surface area (Å²) in [7, 11) is 0. The van der Waals surface area contributed by atoms with E-state index >= 15 is 0 Å². The molecule has 1 aromatic carbocycles. The highest BCUT2D eigenvalue weighted by Gasteiger charge is 2.13. The molecule has 98 valence electrons. The summed E-state index contributed by atoms with van der Waals surface area (Å²) in [5.41, 5.74) is 0.797. The van der Waals surface area contributed by atoms with Crippen LogP contribution >= 0.6 is 12.2 Å². The van der Waals surface area contributed by atoms with E-state index in [9.17, 15) is 8.78 Å². The quantitative estimate of drug-likeness (QED) is 0.624. The van der Waals surface area contributed by atoms with Gasteiger partial charge in [0.15, 0.2) is 16.4 Å². The van der Waals surface area contributed by atoms with Gasteiger partial charge in [0.1, 0.15) is 5.52 Å². The van der Waals surface area contributed by atoms with Crippen LogP contribution in [0.25, 0.3) is 11.0 Å². The molecule has 1 aromatic heterocycles. The molecule has 0 aliphatic carbocycles. The summed E-state index contributed by atoms with van der Waals surface area (Å²) in [5.74, 6) is -1.66. The number of nitrogens with one attached hydrogen (secondary N) is 1. The lowest BCUT2D eigenvalue weighted by Crippen LogP contribution is -2.00. The maximum Gasteiger partial charge on any atom is 0.184 e. The molecule has 0 bridgehead atoms. The number of fused-ring (bicyclic) bond motifs is 1. The molecule has 0 radical (unpaired) electrons. The van der Waals surface area contributed by atoms with Crippen molar-refractivity contribution in [3.63, 3.8) is 0 Å². The molecule has 0 spiro atoms. The number of hydrogen-bond acceptors (Lipinski definition) is 1. The molecular weight excluding hydrogens is 254 g/mol. The Kier molecular flexibility index (Phi) is 4.11. The average Bonchev–Trinajstić information content (AvgIpc) is 2.67. The normalized spacial score (nSPS) is 11.3. The lowest BCUT2D eigenvalue weighted by molar-refractivity contribution is 0.507. The van der Waals surface area contributed by atoms with E-state index in [4.69, 9.17) is 12.2 Å². The summed E-state index contributed by atoms with van der Waals surface area (Å²) < 4.78 is 29.1. The van der Waals surface area contributed by atoms with Gasteiger partial charge in [0, 0.05) is 6.54 Å². The Morgan fingerprint density at radius 1 is 1.22 bits per heavy atom. The smallest absolute Gasteiger partial charge is 0.184 e. The van der Waals surface area contributed by atoms with Gasteiger partial charge in [0.05, 0.1) is 5.52 Å². The average molecular weight is 270 g/mol. The molecule has 0 unspecified atom stereocenters. The number of hydrogen-bond donors (Lipinski definition) is 1. The number of imidazole rings is 1. The van der Waals surface area contributed by atoms with E-state index < -0.39 is 11.6 Å². The largest absolute Gasteiger partial charge is 0.330 e. The van der Waals surface area contributed by atoms with Crippen molar-refractivity contribution in [2.45, 2.75) is 39.2 Å². The van der Waals surface area contributed by atoms with E-state index in [-0.39, 0.29) is 5.52 Å². The van der Waals surface area contributed by atoms with Crippen LogP contribution in [0.3, 0.4) is 0 Å². The molecule has 1 N–H and O–H groups in total. The third-order valence-electron chi connectivity index (χ3n) is 3.06. The molecule has 0 aliphatic heterocycles. The third-order valence-corrected chi connectivity index (χ3v) is 3.38. The predicted molar refractivity (Wildman–Crippen MR) is 71.2 cm³/mol. The Morgan fingerprint density at radius 2 is 2.00 bits per heavy atom. The van der Waals surface area contributed by atoms with Crippen molar-refractivity contribution in [3.05, 3.63) is 28.5 Å². The van der Waals surface area contributed by atoms with Crippen molar-refractivity contribution in [1.29, 1.82) is 0 Å². The van der Waals surface area contributed by atoms with Gasteiger partial charge in [-0.05, 0) is 30.8 Å². The summed E-state index contributed by atoms with van der Waals surface area (Å²) in [6, 6.07) is 2.64. The first kappa shape index (κ1) is 13.2. The molecule has 0 fully saturated rings. The van der Waals surface area contributed by atoms with E-state index in [0.717, 1.165) is 31.7 Å². The highest BCUT2D eigenvalue weighted by molar-refractivity contribution is 7.71. The predicted octanol–water partition coefficient (Wildman–Crippen LogP) is 4.56. The fourth-order valence-corrected chi connectivity index (χ4v) is 2.39. The van der Waals surface area contributed by atoms with E-state index in [2.05, 4.69) is 11.9 Å². The van der Waals surface area contributed by atoms with Gasteiger partial charge in [-0.15, -0.1) is 0 Å². The molecular formula is C13H16F2N2S. The van der Waals surface area contributed by atoms with Crippen LogP contribution in [0, 0.1) is 16.4 Å². The number of nitrogens with zero attached hydrogens (tertiary/aromatic N) is 1. The fourth-order valence-electron chi connectivity index (χ4n) is 2.10. The number of unbranched alkanes of at least 4 members (excludes halogenated alkanes) is 3. The molecule has 0 saturated heterocycles. The molecule has 5 heteroatoms. The van der Waals surface area contributed by atoms with Crippen LogP contribution in [0.1, 0.15) is 32.6 Å². The summed E-state index contributed by atoms with van der Waals surface area (Å²) in [4.78, 5) is 2.91. The number of rotatable bonds is 5. The number of aryl methyl sites for hydroxylation is 1. The van der Waals surface area contributed by atoms with Crippen molar-refractivity contribution >= 4 is 23.3 Å². The summed E-state index contributed by atoms with van der Waals surface area (Å²) >= 11 is 5.15. The second-order valence-corrected chi connectivity index (χ2v) is 4.79. The van der Waals surface area contributed by atoms with Gasteiger partial charge < -0.3 is 9.55 Å². The fraction of sp³-hybridized carbons (Fsp3) is 0.462. The first-order chi connectivity index (χ1) is 8.65. The monoisotopic (exact) mass is 270 g/mol. The SMILES string of the molecule is CCCCCCn1c(=S)[nH]c2ccc(F)c(F)c21. The molecule has 2 nitrogen and oxygen atoms in total. The Bertz CT molecular complexity index is 601. The molecule has 0 saturated carbocycles. The molecule has 18 heavy (non-hydrogen) atoms. The minimum Gasteiger partial charge on any atom is -0.330 e. The summed E-state index contributed by atoms with van der Waals surface area (Å²) in [6.07, 6.45) is 4.28. The zero-order chi connectivity index (χ0) is 13.1. The second kappa shape index (κ2) is 5.61. The van der Waals surface area contributed by atoms with Crippen molar-refractivity contribution < 1.29 is 8.78 Å². The van der Waals surface area contributed by atoms with Crippen LogP contribution in [0.5, 0.6) is 0 Å². The number of benzene rings is 1. The van der Waals surface area contributed by atoms with E-state index in [1.165, 1.54) is 6.07 Å². The van der Waals surface area contributed by atoms with Crippen LogP contribution in [0.2, 0.25) is 0 Å². The van der Waals surface area contributed by atoms with Gasteiger partial charge in [0.2, 0.25) is 0 Å². The van der Waals surface area contributed by atoms with Gasteiger partial charge in [-0.1, -0.05) is 26.2 Å². The maximum absolute atomic E-state index is 13.8. The number of aromatic nitrogens is 2. The topological polar surface area (TPSA) is 20.7 Å². The van der Waals surface area contributed by atoms with Crippen LogP contribution in [-0.2, 0) is 6.54 Å². The van der Waals surface area contributed by atoms with E-state index in [1.807, 2.05) is 0 Å². The maximum atomic E-state index is 13.8. The highest BCUT2D eigenvalue weighted by Crippen LogP contribution is 2.21. The molecule has 0 aliphatic rings. The number of halogens is 2. The van der Waals surface area contributed by atoms with E-state index in [0.29, 0.717) is 16.8 Å². The second-order valence-electron chi connectivity index (χ2n) is 4.40. The lowest BCUT2D eigenvalue weighted by Gasteiger charge is -2.05. The van der Waals surface area contributed by atoms with Gasteiger partial charge in [0.25, 0.3) is 0 Å². The summed E-state index contributed by atoms with van der Waals surface area (Å²) in [5, 5.41) is 0.